The van der Waals surface area contributed by atoms with E-state index in [9.17, 15) is 23.7 Å². The molecule has 1 aromatic rings. The second kappa shape index (κ2) is 14.6. The molecule has 0 aromatic carbocycles. The van der Waals surface area contributed by atoms with Gasteiger partial charge in [0.15, 0.2) is 5.12 Å². The van der Waals surface area contributed by atoms with Crippen LogP contribution >= 0.6 is 19.5 Å². The lowest BCUT2D eigenvalue weighted by molar-refractivity contribution is -0.117. The van der Waals surface area contributed by atoms with E-state index in [1.807, 2.05) is 20.8 Å². The Bertz CT molecular complexity index is 1340. The number of thioether (sulfide) groups is 1. The van der Waals surface area contributed by atoms with Crippen molar-refractivity contribution in [2.24, 2.45) is 10.5 Å². The minimum Gasteiger partial charge on any atom is -0.352 e. The molecule has 16 heteroatoms. The summed E-state index contributed by atoms with van der Waals surface area (Å²) >= 11 is 1.11. The lowest BCUT2D eigenvalue weighted by Gasteiger charge is -2.33. The van der Waals surface area contributed by atoms with E-state index in [0.29, 0.717) is 25.1 Å². The summed E-state index contributed by atoms with van der Waals surface area (Å²) in [7, 11) is -3.79. The van der Waals surface area contributed by atoms with Crippen LogP contribution in [0.15, 0.2) is 27.0 Å². The molecule has 41 heavy (non-hydrogen) atoms. The van der Waals surface area contributed by atoms with Gasteiger partial charge in [0.25, 0.3) is 5.56 Å². The van der Waals surface area contributed by atoms with Gasteiger partial charge >= 0.3 is 13.4 Å². The highest BCUT2D eigenvalue weighted by Gasteiger charge is 2.41. The Morgan fingerprint density at radius 3 is 2.61 bits per heavy atom. The lowest BCUT2D eigenvalue weighted by Crippen LogP contribution is -2.39. The van der Waals surface area contributed by atoms with Gasteiger partial charge in [0.1, 0.15) is 12.5 Å². The summed E-state index contributed by atoms with van der Waals surface area (Å²) in [5, 5.41) is 3.80. The fourth-order valence-electron chi connectivity index (χ4n) is 4.40. The van der Waals surface area contributed by atoms with Crippen LogP contribution in [-0.2, 0) is 27.9 Å². The molecule has 3 rings (SSSR count). The number of ether oxygens (including phenoxy) is 1. The molecule has 1 unspecified atom stereocenters. The van der Waals surface area contributed by atoms with E-state index in [1.165, 1.54) is 17.7 Å². The number of aryl methyl sites for hydroxylation is 1. The minimum absolute atomic E-state index is 0.00381. The maximum Gasteiger partial charge on any atom is 0.408 e. The van der Waals surface area contributed by atoms with Crippen molar-refractivity contribution in [3.05, 3.63) is 49.1 Å². The van der Waals surface area contributed by atoms with E-state index in [-0.39, 0.29) is 30.3 Å². The topological polar surface area (TPSA) is 175 Å². The molecule has 2 aliphatic rings. The molecule has 0 radical (unpaired) electrons. The van der Waals surface area contributed by atoms with Crippen molar-refractivity contribution in [3.8, 4) is 0 Å². The smallest absolute Gasteiger partial charge is 0.352 e. The minimum atomic E-state index is -3.79. The number of hydrogen-bond donors (Lipinski definition) is 0. The predicted octanol–water partition coefficient (Wildman–Crippen LogP) is 3.89. The monoisotopic (exact) mass is 612 g/mol. The zero-order chi connectivity index (χ0) is 30.2. The zero-order valence-corrected chi connectivity index (χ0v) is 25.4. The highest BCUT2D eigenvalue weighted by molar-refractivity contribution is 8.13. The molecule has 0 N–H and O–H groups in total. The molecule has 0 aliphatic carbocycles. The van der Waals surface area contributed by atoms with Crippen molar-refractivity contribution in [1.29, 1.82) is 0 Å². The lowest BCUT2D eigenvalue weighted by atomic mass is 10.00. The molecular formula is C25H37N6O8PS. The van der Waals surface area contributed by atoms with Gasteiger partial charge < -0.3 is 4.74 Å². The third-order valence-corrected chi connectivity index (χ3v) is 9.93. The molecule has 0 amide bonds. The third-order valence-electron chi connectivity index (χ3n) is 6.61. The van der Waals surface area contributed by atoms with E-state index in [4.69, 9.17) is 19.3 Å². The highest BCUT2D eigenvalue weighted by Crippen LogP contribution is 2.53. The first-order valence-electron chi connectivity index (χ1n) is 13.4. The van der Waals surface area contributed by atoms with E-state index < -0.39 is 42.8 Å². The number of hydrogen-bond acceptors (Lipinski definition) is 10. The van der Waals surface area contributed by atoms with Gasteiger partial charge in [0, 0.05) is 53.6 Å². The largest absolute Gasteiger partial charge is 0.408 e. The van der Waals surface area contributed by atoms with Crippen molar-refractivity contribution in [2.45, 2.75) is 71.8 Å². The van der Waals surface area contributed by atoms with Crippen LogP contribution < -0.4 is 11.2 Å². The van der Waals surface area contributed by atoms with E-state index in [0.717, 1.165) is 47.9 Å². The second-order valence-electron chi connectivity index (χ2n) is 10.8. The van der Waals surface area contributed by atoms with E-state index >= 15 is 0 Å². The van der Waals surface area contributed by atoms with Gasteiger partial charge in [-0.2, -0.15) is 0 Å². The van der Waals surface area contributed by atoms with Crippen molar-refractivity contribution in [1.82, 2.24) is 13.8 Å². The van der Waals surface area contributed by atoms with Crippen LogP contribution in [0.2, 0.25) is 0 Å². The number of piperidine rings is 1. The summed E-state index contributed by atoms with van der Waals surface area (Å²) in [5.41, 5.74) is 7.53. The van der Waals surface area contributed by atoms with Gasteiger partial charge in [-0.1, -0.05) is 44.1 Å². The van der Waals surface area contributed by atoms with Crippen LogP contribution in [0.3, 0.4) is 0 Å². The van der Waals surface area contributed by atoms with E-state index in [2.05, 4.69) is 10.0 Å². The number of rotatable bonds is 12. The Balaban J connectivity index is 1.77. The predicted molar refractivity (Wildman–Crippen MR) is 154 cm³/mol. The molecule has 2 aliphatic heterocycles. The van der Waals surface area contributed by atoms with Gasteiger partial charge in [0.2, 0.25) is 0 Å². The maximum atomic E-state index is 14.0. The Labute approximate surface area is 242 Å². The zero-order valence-electron chi connectivity index (χ0n) is 23.7. The molecule has 0 spiro atoms. The Hall–Kier alpha value is -2.51. The highest BCUT2D eigenvalue weighted by atomic mass is 32.2. The number of allylic oxidation sites excluding steroid dienone is 1. The van der Waals surface area contributed by atoms with E-state index in [1.54, 1.807) is 4.67 Å². The van der Waals surface area contributed by atoms with Gasteiger partial charge in [-0.3, -0.25) is 28.0 Å². The average Bonchev–Trinajstić information content (AvgIpc) is 3.34. The Morgan fingerprint density at radius 2 is 1.98 bits per heavy atom. The summed E-state index contributed by atoms with van der Waals surface area (Å²) < 4.78 is 35.4. The molecule has 14 nitrogen and oxygen atoms in total. The maximum absolute atomic E-state index is 14.0. The molecule has 2 saturated heterocycles. The van der Waals surface area contributed by atoms with Gasteiger partial charge in [-0.15, -0.1) is 0 Å². The number of nitrogens with zero attached hydrogens (tertiary/aromatic N) is 6. The van der Waals surface area contributed by atoms with Crippen molar-refractivity contribution in [3.63, 3.8) is 0 Å². The quantitative estimate of drug-likeness (QED) is 0.0640. The number of aromatic nitrogens is 2. The number of carbonyl (C=O) groups excluding carboxylic acids is 2. The Kier molecular flexibility index (Phi) is 11.7. The van der Waals surface area contributed by atoms with Crippen molar-refractivity contribution in [2.75, 3.05) is 32.1 Å². The summed E-state index contributed by atoms with van der Waals surface area (Å²) in [4.78, 5) is 51.4. The Morgan fingerprint density at radius 1 is 1.27 bits per heavy atom. The molecule has 2 fully saturated rings. The van der Waals surface area contributed by atoms with Crippen LogP contribution in [0, 0.1) is 12.3 Å². The number of aldehydes is 1. The fourth-order valence-corrected chi connectivity index (χ4v) is 7.14. The van der Waals surface area contributed by atoms with Gasteiger partial charge in [-0.25, -0.2) is 18.6 Å². The van der Waals surface area contributed by atoms with Crippen molar-refractivity contribution >= 4 is 37.1 Å². The van der Waals surface area contributed by atoms with Gasteiger partial charge in [-0.05, 0) is 31.4 Å². The molecule has 0 bridgehead atoms. The summed E-state index contributed by atoms with van der Waals surface area (Å²) in [6.07, 6.45) is 4.84. The van der Waals surface area contributed by atoms with Crippen LogP contribution in [0.25, 0.3) is 16.6 Å². The molecular weight excluding hydrogens is 575 g/mol. The second-order valence-corrected chi connectivity index (χ2v) is 13.9. The number of azide groups is 1. The molecule has 3 heterocycles. The van der Waals surface area contributed by atoms with Gasteiger partial charge in [0.05, 0.1) is 25.4 Å². The van der Waals surface area contributed by atoms with Crippen LogP contribution in [0.5, 0.6) is 0 Å². The first kappa shape index (κ1) is 33.0. The summed E-state index contributed by atoms with van der Waals surface area (Å²) in [5.74, 6) is 0.303. The first-order valence-corrected chi connectivity index (χ1v) is 15.9. The standard InChI is InChI=1S/C25H37N6O8PS/c1-18-16-31(24(35)30(22(18)33)11-8-12-32)21-15-19(27-28-26)20(39-21)17-38-40(36,29-9-6-5-7-10-29)37-13-14-41-23(34)25(2,3)4/h8,11-12,16,19-21H,5-7,9-10,13-15,17H2,1-4H3/b11-8+/t19-,20+,21+,40?/m0/s1. The molecule has 226 valence electrons. The normalized spacial score (nSPS) is 23.3. The molecule has 1 aromatic heterocycles. The third kappa shape index (κ3) is 8.51. The summed E-state index contributed by atoms with van der Waals surface area (Å²) in [6, 6.07) is -0.766. The summed E-state index contributed by atoms with van der Waals surface area (Å²) in [6.45, 7) is 7.81. The molecule has 4 atom stereocenters. The fraction of sp³-hybridized carbons (Fsp3) is 0.680. The van der Waals surface area contributed by atoms with Crippen molar-refractivity contribution < 1.29 is 27.9 Å². The van der Waals surface area contributed by atoms with Crippen LogP contribution in [0.1, 0.15) is 58.2 Å². The first-order chi connectivity index (χ1) is 19.4. The van der Waals surface area contributed by atoms with Crippen LogP contribution in [-0.4, -0.2) is 69.4 Å². The molecule has 0 saturated carbocycles. The average molecular weight is 613 g/mol. The SMILES string of the molecule is Cc1cn([C@H]2C[C@H](N=[N+]=[N-])[C@@H](COP(=O)(OCCSC(=O)C(C)(C)C)N3CCCCC3)O2)c(=O)n(/C=C/C=O)c1=O. The number of carbonyl (C=O) groups is 2. The van der Waals surface area contributed by atoms with Crippen LogP contribution in [0.4, 0.5) is 0 Å².